The molecule has 0 radical (unpaired) electrons. The molecule has 0 aromatic heterocycles. The van der Waals surface area contributed by atoms with Crippen LogP contribution in [0.3, 0.4) is 0 Å². The fourth-order valence-corrected chi connectivity index (χ4v) is 1.11. The van der Waals surface area contributed by atoms with E-state index in [2.05, 4.69) is 5.32 Å². The van der Waals surface area contributed by atoms with Crippen molar-refractivity contribution in [2.45, 2.75) is 0 Å². The second kappa shape index (κ2) is 5.08. The van der Waals surface area contributed by atoms with Gasteiger partial charge in [0, 0.05) is 18.2 Å². The first kappa shape index (κ1) is 11.9. The van der Waals surface area contributed by atoms with E-state index in [1.165, 1.54) is 12.1 Å². The van der Waals surface area contributed by atoms with E-state index in [1.807, 2.05) is 0 Å². The Labute approximate surface area is 91.0 Å². The average Bonchev–Trinajstić information content (AvgIpc) is 2.26. The van der Waals surface area contributed by atoms with Crippen molar-refractivity contribution in [3.05, 3.63) is 33.9 Å². The van der Waals surface area contributed by atoms with Gasteiger partial charge in [-0.25, -0.2) is 0 Å². The van der Waals surface area contributed by atoms with E-state index in [0.29, 0.717) is 0 Å². The quantitative estimate of drug-likeness (QED) is 0.375. The van der Waals surface area contributed by atoms with E-state index in [9.17, 15) is 14.9 Å². The van der Waals surface area contributed by atoms with Crippen molar-refractivity contribution in [2.24, 2.45) is 0 Å². The van der Waals surface area contributed by atoms with Gasteiger partial charge in [-0.05, 0) is 12.1 Å². The number of benzene rings is 1. The number of aliphatic hydroxyl groups excluding tert-OH is 1. The summed E-state index contributed by atoms with van der Waals surface area (Å²) in [7, 11) is 0. The van der Waals surface area contributed by atoms with Crippen LogP contribution in [0.4, 0.5) is 11.4 Å². The van der Waals surface area contributed by atoms with E-state index >= 15 is 0 Å². The predicted octanol–water partition coefficient (Wildman–Crippen LogP) is -0.101. The Bertz CT molecular complexity index is 419. The Balaban J connectivity index is 2.94. The summed E-state index contributed by atoms with van der Waals surface area (Å²) in [4.78, 5) is 21.3. The number of nitro groups is 1. The van der Waals surface area contributed by atoms with Crippen molar-refractivity contribution in [3.63, 3.8) is 0 Å². The van der Waals surface area contributed by atoms with E-state index < -0.39 is 10.8 Å². The number of aliphatic hydroxyl groups is 1. The van der Waals surface area contributed by atoms with Crippen LogP contribution in [-0.2, 0) is 0 Å². The number of nitrogen functional groups attached to an aromatic ring is 1. The Morgan fingerprint density at radius 2 is 2.25 bits per heavy atom. The third-order valence-corrected chi connectivity index (χ3v) is 1.89. The number of anilines is 1. The molecule has 86 valence electrons. The molecule has 7 nitrogen and oxygen atoms in total. The Morgan fingerprint density at radius 1 is 1.56 bits per heavy atom. The summed E-state index contributed by atoms with van der Waals surface area (Å²) < 4.78 is 0. The van der Waals surface area contributed by atoms with Crippen LogP contribution < -0.4 is 11.1 Å². The second-order valence-corrected chi connectivity index (χ2v) is 3.01. The maximum absolute atomic E-state index is 11.4. The molecule has 0 saturated carbocycles. The topological polar surface area (TPSA) is 118 Å². The minimum atomic E-state index is -0.655. The van der Waals surface area contributed by atoms with Gasteiger partial charge in [0.2, 0.25) is 0 Å². The zero-order valence-electron chi connectivity index (χ0n) is 8.34. The summed E-state index contributed by atoms with van der Waals surface area (Å²) in [6.07, 6.45) is 0. The highest BCUT2D eigenvalue weighted by Crippen LogP contribution is 2.22. The van der Waals surface area contributed by atoms with Gasteiger partial charge in [-0.2, -0.15) is 0 Å². The van der Waals surface area contributed by atoms with Crippen LogP contribution in [0.15, 0.2) is 18.2 Å². The lowest BCUT2D eigenvalue weighted by atomic mass is 10.1. The molecule has 7 heteroatoms. The summed E-state index contributed by atoms with van der Waals surface area (Å²) in [5.41, 5.74) is 5.21. The van der Waals surface area contributed by atoms with Gasteiger partial charge in [0.15, 0.2) is 0 Å². The van der Waals surface area contributed by atoms with Crippen LogP contribution >= 0.6 is 0 Å². The highest BCUT2D eigenvalue weighted by molar-refractivity contribution is 5.95. The maximum atomic E-state index is 11.4. The highest BCUT2D eigenvalue weighted by atomic mass is 16.6. The number of hydrogen-bond acceptors (Lipinski definition) is 5. The molecule has 0 aliphatic heterocycles. The van der Waals surface area contributed by atoms with Crippen LogP contribution in [0.2, 0.25) is 0 Å². The molecule has 1 rings (SSSR count). The van der Waals surface area contributed by atoms with Crippen molar-refractivity contribution in [1.82, 2.24) is 5.32 Å². The minimum absolute atomic E-state index is 0.00343. The number of nitro benzene ring substituents is 1. The van der Waals surface area contributed by atoms with Crippen LogP contribution in [0.5, 0.6) is 0 Å². The average molecular weight is 225 g/mol. The molecule has 1 aromatic rings. The minimum Gasteiger partial charge on any atom is -0.395 e. The molecular formula is C9H11N3O4. The summed E-state index contributed by atoms with van der Waals surface area (Å²) >= 11 is 0. The van der Waals surface area contributed by atoms with Crippen molar-refractivity contribution in [3.8, 4) is 0 Å². The number of carbonyl (C=O) groups is 1. The first-order chi connectivity index (χ1) is 7.56. The highest BCUT2D eigenvalue weighted by Gasteiger charge is 2.15. The van der Waals surface area contributed by atoms with Gasteiger partial charge in [-0.15, -0.1) is 0 Å². The maximum Gasteiger partial charge on any atom is 0.292 e. The summed E-state index contributed by atoms with van der Waals surface area (Å²) in [6, 6.07) is 3.78. The normalized spacial score (nSPS) is 9.81. The third kappa shape index (κ3) is 2.67. The predicted molar refractivity (Wildman–Crippen MR) is 56.9 cm³/mol. The van der Waals surface area contributed by atoms with Gasteiger partial charge in [0.1, 0.15) is 5.69 Å². The van der Waals surface area contributed by atoms with Gasteiger partial charge < -0.3 is 16.2 Å². The van der Waals surface area contributed by atoms with Gasteiger partial charge >= 0.3 is 0 Å². The number of amides is 1. The molecular weight excluding hydrogens is 214 g/mol. The summed E-state index contributed by atoms with van der Waals surface area (Å²) in [5, 5.41) is 21.5. The van der Waals surface area contributed by atoms with Gasteiger partial charge in [-0.3, -0.25) is 14.9 Å². The fourth-order valence-electron chi connectivity index (χ4n) is 1.11. The molecule has 0 unspecified atom stereocenters. The number of rotatable bonds is 4. The molecule has 1 amide bonds. The van der Waals surface area contributed by atoms with Crippen molar-refractivity contribution >= 4 is 17.3 Å². The van der Waals surface area contributed by atoms with Crippen LogP contribution in [0.25, 0.3) is 0 Å². The molecule has 16 heavy (non-hydrogen) atoms. The van der Waals surface area contributed by atoms with E-state index in [4.69, 9.17) is 10.8 Å². The zero-order chi connectivity index (χ0) is 12.1. The summed E-state index contributed by atoms with van der Waals surface area (Å²) in [6.45, 7) is -0.0974. The Kier molecular flexibility index (Phi) is 3.78. The van der Waals surface area contributed by atoms with Gasteiger partial charge in [0.05, 0.1) is 11.5 Å². The van der Waals surface area contributed by atoms with Crippen LogP contribution in [0.1, 0.15) is 10.4 Å². The number of nitrogens with two attached hydrogens (primary N) is 1. The second-order valence-electron chi connectivity index (χ2n) is 3.01. The summed E-state index contributed by atoms with van der Waals surface area (Å²) in [5.74, 6) is -0.489. The largest absolute Gasteiger partial charge is 0.395 e. The molecule has 0 aliphatic rings. The van der Waals surface area contributed by atoms with Crippen LogP contribution in [-0.4, -0.2) is 29.1 Å². The van der Waals surface area contributed by atoms with E-state index in [-0.39, 0.29) is 30.1 Å². The molecule has 0 aliphatic carbocycles. The standard InChI is InChI=1S/C9H11N3O4/c10-7-2-1-6(5-8(7)12(15)16)9(14)11-3-4-13/h1-2,5,13H,3-4,10H2,(H,11,14). The van der Waals surface area contributed by atoms with Crippen molar-refractivity contribution in [1.29, 1.82) is 0 Å². The molecule has 0 heterocycles. The molecule has 4 N–H and O–H groups in total. The Morgan fingerprint density at radius 3 is 2.81 bits per heavy atom. The Hall–Kier alpha value is -2.15. The SMILES string of the molecule is Nc1ccc(C(=O)NCCO)cc1[N+](=O)[O-]. The number of hydrogen-bond donors (Lipinski definition) is 3. The molecule has 1 aromatic carbocycles. The lowest BCUT2D eigenvalue weighted by Gasteiger charge is -2.03. The van der Waals surface area contributed by atoms with Gasteiger partial charge in [-0.1, -0.05) is 0 Å². The number of carbonyl (C=O) groups excluding carboxylic acids is 1. The van der Waals surface area contributed by atoms with E-state index in [1.54, 1.807) is 0 Å². The van der Waals surface area contributed by atoms with Crippen molar-refractivity contribution < 1.29 is 14.8 Å². The van der Waals surface area contributed by atoms with Gasteiger partial charge in [0.25, 0.3) is 11.6 Å². The van der Waals surface area contributed by atoms with E-state index in [0.717, 1.165) is 6.07 Å². The third-order valence-electron chi connectivity index (χ3n) is 1.89. The fraction of sp³-hybridized carbons (Fsp3) is 0.222. The number of nitrogens with zero attached hydrogens (tertiary/aromatic N) is 1. The molecule has 0 saturated heterocycles. The number of nitrogens with one attached hydrogen (secondary N) is 1. The van der Waals surface area contributed by atoms with Crippen LogP contribution in [0, 0.1) is 10.1 Å². The zero-order valence-corrected chi connectivity index (χ0v) is 8.34. The molecule has 0 spiro atoms. The molecule has 0 fully saturated rings. The monoisotopic (exact) mass is 225 g/mol. The molecule has 0 atom stereocenters. The molecule has 0 bridgehead atoms. The van der Waals surface area contributed by atoms with Crippen molar-refractivity contribution in [2.75, 3.05) is 18.9 Å². The first-order valence-corrected chi connectivity index (χ1v) is 4.49. The first-order valence-electron chi connectivity index (χ1n) is 4.49. The lowest BCUT2D eigenvalue weighted by Crippen LogP contribution is -2.26. The lowest BCUT2D eigenvalue weighted by molar-refractivity contribution is -0.383. The smallest absolute Gasteiger partial charge is 0.292 e.